The molecule has 10 rings (SSSR count). The molecule has 0 aliphatic rings. The standard InChI is InChI=1S/C45H27N3O2/c1-3-12-28(13-4-1)29-22-24-31(25-23-29)43-46-44(35-18-11-21-39-40(35)33-16-7-9-19-37(33)49-39)48-45(47-43)36-27-26-32(30-14-5-2-6-15-30)42-41(36)34-17-8-10-20-38(34)50-42/h1-27H. The molecule has 0 N–H and O–H groups in total. The van der Waals surface area contributed by atoms with Crippen LogP contribution in [0.25, 0.3) is 100 Å². The minimum atomic E-state index is 0.568. The van der Waals surface area contributed by atoms with Gasteiger partial charge in [-0.2, -0.15) is 0 Å². The maximum Gasteiger partial charge on any atom is 0.164 e. The fraction of sp³-hybridized carbons (Fsp3) is 0. The van der Waals surface area contributed by atoms with Crippen LogP contribution in [0.4, 0.5) is 0 Å². The van der Waals surface area contributed by atoms with Crippen molar-refractivity contribution in [2.75, 3.05) is 0 Å². The zero-order valence-electron chi connectivity index (χ0n) is 26.7. The molecule has 0 aliphatic heterocycles. The maximum atomic E-state index is 6.60. The van der Waals surface area contributed by atoms with Crippen molar-refractivity contribution >= 4 is 43.9 Å². The van der Waals surface area contributed by atoms with Crippen LogP contribution < -0.4 is 0 Å². The highest BCUT2D eigenvalue weighted by atomic mass is 16.3. The first-order valence-electron chi connectivity index (χ1n) is 16.6. The minimum absolute atomic E-state index is 0.568. The molecule has 234 valence electrons. The van der Waals surface area contributed by atoms with Gasteiger partial charge in [0.15, 0.2) is 17.5 Å². The van der Waals surface area contributed by atoms with Gasteiger partial charge in [0.2, 0.25) is 0 Å². The second-order valence-electron chi connectivity index (χ2n) is 12.4. The third-order valence-electron chi connectivity index (χ3n) is 9.38. The molecule has 5 nitrogen and oxygen atoms in total. The number of rotatable bonds is 5. The average molecular weight is 642 g/mol. The Hall–Kier alpha value is -6.85. The molecule has 0 unspecified atom stereocenters. The van der Waals surface area contributed by atoms with E-state index in [1.807, 2.05) is 72.8 Å². The van der Waals surface area contributed by atoms with Gasteiger partial charge >= 0.3 is 0 Å². The summed E-state index contributed by atoms with van der Waals surface area (Å²) in [5.41, 5.74) is 10.3. The Morgan fingerprint density at radius 3 is 1.52 bits per heavy atom. The number of hydrogen-bond donors (Lipinski definition) is 0. The van der Waals surface area contributed by atoms with E-state index in [1.165, 1.54) is 0 Å². The van der Waals surface area contributed by atoms with E-state index in [4.69, 9.17) is 23.8 Å². The second-order valence-corrected chi connectivity index (χ2v) is 12.4. The summed E-state index contributed by atoms with van der Waals surface area (Å²) in [6.07, 6.45) is 0. The van der Waals surface area contributed by atoms with Crippen molar-refractivity contribution in [1.29, 1.82) is 0 Å². The lowest BCUT2D eigenvalue weighted by Gasteiger charge is -2.11. The van der Waals surface area contributed by atoms with E-state index in [0.717, 1.165) is 82.8 Å². The molecule has 0 aliphatic carbocycles. The normalized spacial score (nSPS) is 11.6. The maximum absolute atomic E-state index is 6.60. The Kier molecular flexibility index (Phi) is 6.42. The summed E-state index contributed by atoms with van der Waals surface area (Å²) in [7, 11) is 0. The number of para-hydroxylation sites is 2. The van der Waals surface area contributed by atoms with Gasteiger partial charge in [-0.1, -0.05) is 133 Å². The summed E-state index contributed by atoms with van der Waals surface area (Å²) in [5.74, 6) is 1.72. The summed E-state index contributed by atoms with van der Waals surface area (Å²) >= 11 is 0. The number of aromatic nitrogens is 3. The number of hydrogen-bond acceptors (Lipinski definition) is 5. The molecule has 0 spiro atoms. The lowest BCUT2D eigenvalue weighted by atomic mass is 9.98. The molecule has 0 atom stereocenters. The van der Waals surface area contributed by atoms with Gasteiger partial charge < -0.3 is 8.83 Å². The highest BCUT2D eigenvalue weighted by Crippen LogP contribution is 2.42. The van der Waals surface area contributed by atoms with Crippen LogP contribution >= 0.6 is 0 Å². The van der Waals surface area contributed by atoms with E-state index in [1.54, 1.807) is 0 Å². The Labute approximate surface area is 287 Å². The van der Waals surface area contributed by atoms with Crippen molar-refractivity contribution < 1.29 is 8.83 Å². The molecule has 3 heterocycles. The van der Waals surface area contributed by atoms with Crippen LogP contribution in [0, 0.1) is 0 Å². The highest BCUT2D eigenvalue weighted by Gasteiger charge is 2.22. The van der Waals surface area contributed by atoms with Crippen LogP contribution in [0.3, 0.4) is 0 Å². The minimum Gasteiger partial charge on any atom is -0.456 e. The number of fused-ring (bicyclic) bond motifs is 6. The third-order valence-corrected chi connectivity index (χ3v) is 9.38. The number of furan rings is 2. The van der Waals surface area contributed by atoms with Crippen LogP contribution in [0.5, 0.6) is 0 Å². The monoisotopic (exact) mass is 641 g/mol. The van der Waals surface area contributed by atoms with E-state index >= 15 is 0 Å². The van der Waals surface area contributed by atoms with E-state index in [-0.39, 0.29) is 0 Å². The van der Waals surface area contributed by atoms with Crippen molar-refractivity contribution in [1.82, 2.24) is 15.0 Å². The Morgan fingerprint density at radius 1 is 0.300 bits per heavy atom. The van der Waals surface area contributed by atoms with Crippen LogP contribution in [-0.4, -0.2) is 15.0 Å². The molecule has 0 bridgehead atoms. The third kappa shape index (κ3) is 4.60. The van der Waals surface area contributed by atoms with Gasteiger partial charge in [-0.15, -0.1) is 0 Å². The molecule has 0 fully saturated rings. The molecule has 0 radical (unpaired) electrons. The SMILES string of the molecule is c1ccc(-c2ccc(-c3nc(-c4cccc5oc6ccccc6c45)nc(-c4ccc(-c5ccccc5)c5oc6ccccc6c45)n3)cc2)cc1. The number of benzene rings is 7. The largest absolute Gasteiger partial charge is 0.456 e. The van der Waals surface area contributed by atoms with E-state index < -0.39 is 0 Å². The number of nitrogens with zero attached hydrogens (tertiary/aromatic N) is 3. The lowest BCUT2D eigenvalue weighted by molar-refractivity contribution is 0.669. The van der Waals surface area contributed by atoms with Crippen LogP contribution in [-0.2, 0) is 0 Å². The fourth-order valence-corrected chi connectivity index (χ4v) is 7.01. The van der Waals surface area contributed by atoms with E-state index in [2.05, 4.69) is 91.0 Å². The van der Waals surface area contributed by atoms with Gasteiger partial charge in [0.25, 0.3) is 0 Å². The van der Waals surface area contributed by atoms with Gasteiger partial charge in [0.1, 0.15) is 22.3 Å². The van der Waals surface area contributed by atoms with Crippen molar-refractivity contribution in [2.45, 2.75) is 0 Å². The van der Waals surface area contributed by atoms with E-state index in [0.29, 0.717) is 17.5 Å². The summed E-state index contributed by atoms with van der Waals surface area (Å²) in [4.78, 5) is 15.6. The Bertz CT molecular complexity index is 2850. The quantitative estimate of drug-likeness (QED) is 0.187. The molecule has 3 aromatic heterocycles. The zero-order valence-corrected chi connectivity index (χ0v) is 26.7. The van der Waals surface area contributed by atoms with Crippen molar-refractivity contribution in [3.05, 3.63) is 164 Å². The summed E-state index contributed by atoms with van der Waals surface area (Å²) in [5, 5.41) is 3.97. The van der Waals surface area contributed by atoms with Crippen molar-refractivity contribution in [2.24, 2.45) is 0 Å². The van der Waals surface area contributed by atoms with Gasteiger partial charge in [-0.3, -0.25) is 0 Å². The topological polar surface area (TPSA) is 65.0 Å². The molecule has 0 amide bonds. The van der Waals surface area contributed by atoms with E-state index in [9.17, 15) is 0 Å². The highest BCUT2D eigenvalue weighted by molar-refractivity contribution is 6.16. The molecule has 7 aromatic carbocycles. The first-order valence-corrected chi connectivity index (χ1v) is 16.6. The fourth-order valence-electron chi connectivity index (χ4n) is 7.01. The summed E-state index contributed by atoms with van der Waals surface area (Å²) < 4.78 is 12.9. The Morgan fingerprint density at radius 2 is 0.800 bits per heavy atom. The smallest absolute Gasteiger partial charge is 0.164 e. The van der Waals surface area contributed by atoms with Crippen molar-refractivity contribution in [3.8, 4) is 56.4 Å². The first kappa shape index (κ1) is 28.2. The Balaban J connectivity index is 1.24. The molecule has 0 saturated carbocycles. The van der Waals surface area contributed by atoms with Gasteiger partial charge in [0.05, 0.1) is 0 Å². The molecular formula is C45H27N3O2. The summed E-state index contributed by atoms with van der Waals surface area (Å²) in [6.45, 7) is 0. The first-order chi connectivity index (χ1) is 24.8. The molecule has 0 saturated heterocycles. The van der Waals surface area contributed by atoms with Crippen LogP contribution in [0.1, 0.15) is 0 Å². The summed E-state index contributed by atoms with van der Waals surface area (Å²) in [6, 6.07) is 55.6. The van der Waals surface area contributed by atoms with Crippen LogP contribution in [0.2, 0.25) is 0 Å². The lowest BCUT2D eigenvalue weighted by Crippen LogP contribution is -2.01. The molecule has 10 aromatic rings. The second kappa shape index (κ2) is 11.4. The predicted molar refractivity (Wildman–Crippen MR) is 202 cm³/mol. The van der Waals surface area contributed by atoms with Crippen LogP contribution in [0.15, 0.2) is 173 Å². The molecular weight excluding hydrogens is 615 g/mol. The van der Waals surface area contributed by atoms with Gasteiger partial charge in [0, 0.05) is 43.8 Å². The average Bonchev–Trinajstić information content (AvgIpc) is 3.77. The van der Waals surface area contributed by atoms with Crippen molar-refractivity contribution in [3.63, 3.8) is 0 Å². The predicted octanol–water partition coefficient (Wildman–Crippen LogP) is 12.0. The molecule has 5 heteroatoms. The zero-order chi connectivity index (χ0) is 33.0. The molecule has 50 heavy (non-hydrogen) atoms. The van der Waals surface area contributed by atoms with Gasteiger partial charge in [-0.25, -0.2) is 15.0 Å². The van der Waals surface area contributed by atoms with Gasteiger partial charge in [-0.05, 0) is 47.0 Å².